The Bertz CT molecular complexity index is 350. The standard InChI is InChI=1S/C14H25N3/c1-11-12(2)17(10-16-11)9-14(15-3)13-7-5-4-6-8-13/h10,13-15H,4-9H2,1-3H3. The van der Waals surface area contributed by atoms with Crippen molar-refractivity contribution in [2.75, 3.05) is 7.05 Å². The number of aryl methyl sites for hydroxylation is 1. The SMILES string of the molecule is CNC(Cn1cnc(C)c1C)C1CCCCC1. The van der Waals surface area contributed by atoms with Crippen LogP contribution in [0.15, 0.2) is 6.33 Å². The Morgan fingerprint density at radius 2 is 2.06 bits per heavy atom. The van der Waals surface area contributed by atoms with Crippen LogP contribution in [-0.2, 0) is 6.54 Å². The van der Waals surface area contributed by atoms with Gasteiger partial charge in [0.05, 0.1) is 12.0 Å². The summed E-state index contributed by atoms with van der Waals surface area (Å²) in [5.41, 5.74) is 2.46. The smallest absolute Gasteiger partial charge is 0.0951 e. The number of rotatable bonds is 4. The lowest BCUT2D eigenvalue weighted by Crippen LogP contribution is -2.38. The summed E-state index contributed by atoms with van der Waals surface area (Å²) in [6, 6.07) is 0.600. The van der Waals surface area contributed by atoms with Crippen molar-refractivity contribution in [3.05, 3.63) is 17.7 Å². The van der Waals surface area contributed by atoms with Crippen molar-refractivity contribution in [3.8, 4) is 0 Å². The number of hydrogen-bond acceptors (Lipinski definition) is 2. The quantitative estimate of drug-likeness (QED) is 0.869. The van der Waals surface area contributed by atoms with E-state index in [4.69, 9.17) is 0 Å². The van der Waals surface area contributed by atoms with Crippen LogP contribution in [0.4, 0.5) is 0 Å². The Kier molecular flexibility index (Phi) is 4.21. The van der Waals surface area contributed by atoms with Crippen LogP contribution < -0.4 is 5.32 Å². The van der Waals surface area contributed by atoms with Gasteiger partial charge in [-0.1, -0.05) is 19.3 Å². The Hall–Kier alpha value is -0.830. The topological polar surface area (TPSA) is 29.9 Å². The molecule has 1 N–H and O–H groups in total. The largest absolute Gasteiger partial charge is 0.333 e. The second kappa shape index (κ2) is 5.67. The Balaban J connectivity index is 2.01. The summed E-state index contributed by atoms with van der Waals surface area (Å²) in [6.07, 6.45) is 9.00. The monoisotopic (exact) mass is 235 g/mol. The fraction of sp³-hybridized carbons (Fsp3) is 0.786. The molecule has 1 aromatic rings. The molecule has 1 aliphatic carbocycles. The van der Waals surface area contributed by atoms with Crippen molar-refractivity contribution in [2.24, 2.45) is 5.92 Å². The third-order valence-corrected chi connectivity index (χ3v) is 4.33. The first-order valence-corrected chi connectivity index (χ1v) is 6.88. The summed E-state index contributed by atoms with van der Waals surface area (Å²) >= 11 is 0. The van der Waals surface area contributed by atoms with Gasteiger partial charge in [-0.05, 0) is 39.7 Å². The molecule has 96 valence electrons. The molecule has 1 aliphatic rings. The zero-order chi connectivity index (χ0) is 12.3. The summed E-state index contributed by atoms with van der Waals surface area (Å²) in [6.45, 7) is 5.31. The van der Waals surface area contributed by atoms with E-state index in [-0.39, 0.29) is 0 Å². The van der Waals surface area contributed by atoms with E-state index < -0.39 is 0 Å². The maximum atomic E-state index is 4.38. The lowest BCUT2D eigenvalue weighted by Gasteiger charge is -2.30. The Morgan fingerprint density at radius 3 is 2.59 bits per heavy atom. The van der Waals surface area contributed by atoms with Gasteiger partial charge in [-0.2, -0.15) is 0 Å². The van der Waals surface area contributed by atoms with Crippen LogP contribution in [0, 0.1) is 19.8 Å². The van der Waals surface area contributed by atoms with E-state index in [1.165, 1.54) is 37.8 Å². The van der Waals surface area contributed by atoms with Crippen molar-refractivity contribution < 1.29 is 0 Å². The average Bonchev–Trinajstić information content (AvgIpc) is 2.68. The number of nitrogens with zero attached hydrogens (tertiary/aromatic N) is 2. The molecule has 1 aromatic heterocycles. The van der Waals surface area contributed by atoms with Crippen LogP contribution in [0.3, 0.4) is 0 Å². The number of imidazole rings is 1. The van der Waals surface area contributed by atoms with E-state index in [1.54, 1.807) is 0 Å². The van der Waals surface area contributed by atoms with E-state index in [0.717, 1.165) is 18.2 Å². The van der Waals surface area contributed by atoms with Gasteiger partial charge in [0.15, 0.2) is 0 Å². The summed E-state index contributed by atoms with van der Waals surface area (Å²) < 4.78 is 2.30. The third-order valence-electron chi connectivity index (χ3n) is 4.33. The van der Waals surface area contributed by atoms with Crippen LogP contribution in [0.2, 0.25) is 0 Å². The van der Waals surface area contributed by atoms with Gasteiger partial charge in [-0.15, -0.1) is 0 Å². The molecule has 0 amide bonds. The predicted octanol–water partition coefficient (Wildman–Crippen LogP) is 2.67. The fourth-order valence-corrected chi connectivity index (χ4v) is 2.95. The number of nitrogens with one attached hydrogen (secondary N) is 1. The first-order chi connectivity index (χ1) is 8.22. The molecular formula is C14H25N3. The van der Waals surface area contributed by atoms with Gasteiger partial charge in [-0.25, -0.2) is 4.98 Å². The van der Waals surface area contributed by atoms with Gasteiger partial charge >= 0.3 is 0 Å². The van der Waals surface area contributed by atoms with Crippen LogP contribution >= 0.6 is 0 Å². The maximum absolute atomic E-state index is 4.38. The van der Waals surface area contributed by atoms with E-state index in [0.29, 0.717) is 6.04 Å². The summed E-state index contributed by atoms with van der Waals surface area (Å²) in [5.74, 6) is 0.843. The molecule has 1 unspecified atom stereocenters. The van der Waals surface area contributed by atoms with Crippen LogP contribution in [0.5, 0.6) is 0 Å². The second-order valence-electron chi connectivity index (χ2n) is 5.36. The lowest BCUT2D eigenvalue weighted by molar-refractivity contribution is 0.256. The molecular weight excluding hydrogens is 210 g/mol. The molecule has 0 saturated heterocycles. The average molecular weight is 235 g/mol. The van der Waals surface area contributed by atoms with Crippen LogP contribution in [0.25, 0.3) is 0 Å². The van der Waals surface area contributed by atoms with Crippen molar-refractivity contribution in [1.82, 2.24) is 14.9 Å². The zero-order valence-corrected chi connectivity index (χ0v) is 11.4. The predicted molar refractivity (Wildman–Crippen MR) is 71.1 cm³/mol. The van der Waals surface area contributed by atoms with E-state index in [1.807, 2.05) is 6.33 Å². The molecule has 0 radical (unpaired) electrons. The Labute approximate surface area is 105 Å². The minimum atomic E-state index is 0.600. The molecule has 0 aromatic carbocycles. The minimum absolute atomic E-state index is 0.600. The van der Waals surface area contributed by atoms with Crippen LogP contribution in [0.1, 0.15) is 43.5 Å². The van der Waals surface area contributed by atoms with Gasteiger partial charge in [0.25, 0.3) is 0 Å². The van der Waals surface area contributed by atoms with Crippen molar-refractivity contribution in [2.45, 2.75) is 58.5 Å². The fourth-order valence-electron chi connectivity index (χ4n) is 2.95. The Morgan fingerprint density at radius 1 is 1.35 bits per heavy atom. The van der Waals surface area contributed by atoms with Gasteiger partial charge in [0, 0.05) is 18.3 Å². The molecule has 0 aliphatic heterocycles. The van der Waals surface area contributed by atoms with Crippen molar-refractivity contribution in [1.29, 1.82) is 0 Å². The molecule has 1 atom stereocenters. The van der Waals surface area contributed by atoms with Crippen molar-refractivity contribution >= 4 is 0 Å². The molecule has 2 rings (SSSR count). The van der Waals surface area contributed by atoms with Gasteiger partial charge in [-0.3, -0.25) is 0 Å². The molecule has 3 nitrogen and oxygen atoms in total. The highest BCUT2D eigenvalue weighted by atomic mass is 15.1. The number of aromatic nitrogens is 2. The number of hydrogen-bond donors (Lipinski definition) is 1. The number of likely N-dealkylation sites (N-methyl/N-ethyl adjacent to an activating group) is 1. The minimum Gasteiger partial charge on any atom is -0.333 e. The molecule has 1 fully saturated rings. The molecule has 3 heteroatoms. The normalized spacial score (nSPS) is 19.5. The molecule has 0 bridgehead atoms. The van der Waals surface area contributed by atoms with E-state index in [2.05, 4.69) is 35.8 Å². The second-order valence-corrected chi connectivity index (χ2v) is 5.36. The molecule has 0 spiro atoms. The van der Waals surface area contributed by atoms with Crippen molar-refractivity contribution in [3.63, 3.8) is 0 Å². The summed E-state index contributed by atoms with van der Waals surface area (Å²) in [7, 11) is 2.10. The maximum Gasteiger partial charge on any atom is 0.0951 e. The lowest BCUT2D eigenvalue weighted by atomic mass is 9.84. The van der Waals surface area contributed by atoms with E-state index in [9.17, 15) is 0 Å². The third kappa shape index (κ3) is 2.89. The highest BCUT2D eigenvalue weighted by molar-refractivity contribution is 5.08. The molecule has 1 heterocycles. The first kappa shape index (κ1) is 12.6. The van der Waals surface area contributed by atoms with E-state index >= 15 is 0 Å². The summed E-state index contributed by atoms with van der Waals surface area (Å²) in [4.78, 5) is 4.38. The highest BCUT2D eigenvalue weighted by Crippen LogP contribution is 2.27. The zero-order valence-electron chi connectivity index (χ0n) is 11.4. The van der Waals surface area contributed by atoms with Gasteiger partial charge in [0.2, 0.25) is 0 Å². The molecule has 17 heavy (non-hydrogen) atoms. The van der Waals surface area contributed by atoms with Gasteiger partial charge < -0.3 is 9.88 Å². The first-order valence-electron chi connectivity index (χ1n) is 6.88. The van der Waals surface area contributed by atoms with Crippen LogP contribution in [-0.4, -0.2) is 22.6 Å². The molecule has 1 saturated carbocycles. The summed E-state index contributed by atoms with van der Waals surface area (Å²) in [5, 5.41) is 3.51. The van der Waals surface area contributed by atoms with Gasteiger partial charge in [0.1, 0.15) is 0 Å². The highest BCUT2D eigenvalue weighted by Gasteiger charge is 2.23.